The second-order valence-corrected chi connectivity index (χ2v) is 20.7. The fourth-order valence-electron chi connectivity index (χ4n) is 7.02. The molecule has 0 amide bonds. The number of fused-ring (bicyclic) bond motifs is 3. The molecule has 0 saturated carbocycles. The van der Waals surface area contributed by atoms with Gasteiger partial charge >= 0.3 is 260 Å². The minimum Gasteiger partial charge on any atom is -1.00 e. The maximum Gasteiger partial charge on any atom is -1.00 e. The summed E-state index contributed by atoms with van der Waals surface area (Å²) < 4.78 is 6.32. The van der Waals surface area contributed by atoms with Gasteiger partial charge in [0.05, 0.1) is 0 Å². The first kappa shape index (κ1) is 35.9. The van der Waals surface area contributed by atoms with Crippen LogP contribution < -0.4 is 28.1 Å². The zero-order valence-electron chi connectivity index (χ0n) is 28.2. The monoisotopic (exact) mass is 690 g/mol. The van der Waals surface area contributed by atoms with Crippen molar-refractivity contribution in [3.8, 4) is 11.1 Å². The maximum atomic E-state index is 2.78. The molecule has 3 aromatic rings. The van der Waals surface area contributed by atoms with E-state index in [9.17, 15) is 0 Å². The van der Waals surface area contributed by atoms with Crippen LogP contribution in [0, 0.1) is 11.3 Å². The van der Waals surface area contributed by atoms with Gasteiger partial charge < -0.3 is 24.8 Å². The van der Waals surface area contributed by atoms with E-state index in [1.807, 2.05) is 0 Å². The average molecular weight is 693 g/mol. The molecule has 0 aromatic heterocycles. The molecule has 1 atom stereocenters. The smallest absolute Gasteiger partial charge is 1.00 e. The van der Waals surface area contributed by atoms with Crippen LogP contribution in [0.5, 0.6) is 0 Å². The van der Waals surface area contributed by atoms with Gasteiger partial charge in [0.25, 0.3) is 0 Å². The predicted octanol–water partition coefficient (Wildman–Crippen LogP) is 4.24. The number of allylic oxidation sites excluding steroid dienone is 4. The summed E-state index contributed by atoms with van der Waals surface area (Å²) in [6.45, 7) is 26.3. The quantitative estimate of drug-likeness (QED) is 0.301. The molecule has 3 aromatic carbocycles. The van der Waals surface area contributed by atoms with Gasteiger partial charge in [-0.2, -0.15) is 0 Å². The Kier molecular flexibility index (Phi) is 10.9. The molecule has 0 heterocycles. The minimum atomic E-state index is -2.60. The average Bonchev–Trinajstić information content (AvgIpc) is 3.43. The summed E-state index contributed by atoms with van der Waals surface area (Å²) in [6, 6.07) is 23.5. The normalized spacial score (nSPS) is 16.3. The number of rotatable bonds is 4. The fourth-order valence-corrected chi connectivity index (χ4v) is 15.9. The summed E-state index contributed by atoms with van der Waals surface area (Å²) in [7, 11) is 0. The van der Waals surface area contributed by atoms with Gasteiger partial charge in [-0.05, 0) is 0 Å². The van der Waals surface area contributed by atoms with E-state index < -0.39 is 21.3 Å². The van der Waals surface area contributed by atoms with Gasteiger partial charge in [0, 0.05) is 0 Å². The molecule has 0 aliphatic heterocycles. The Bertz CT molecular complexity index is 1580. The molecule has 3 heteroatoms. The number of halogens is 2. The molecule has 0 fully saturated rings. The van der Waals surface area contributed by atoms with Crippen molar-refractivity contribution in [3.05, 3.63) is 109 Å². The minimum absolute atomic E-state index is 0. The zero-order chi connectivity index (χ0) is 29.9. The molecule has 43 heavy (non-hydrogen) atoms. The number of benzene rings is 3. The summed E-state index contributed by atoms with van der Waals surface area (Å²) in [4.78, 5) is 0. The van der Waals surface area contributed by atoms with E-state index >= 15 is 0 Å². The van der Waals surface area contributed by atoms with Crippen LogP contribution in [0.3, 0.4) is 0 Å². The van der Waals surface area contributed by atoms with Crippen molar-refractivity contribution >= 4 is 6.98 Å². The Hall–Kier alpha value is -1.53. The molecule has 2 aliphatic rings. The van der Waals surface area contributed by atoms with Gasteiger partial charge in [0.1, 0.15) is 0 Å². The van der Waals surface area contributed by atoms with Crippen LogP contribution >= 0.6 is 0 Å². The van der Waals surface area contributed by atoms with Crippen molar-refractivity contribution in [1.82, 2.24) is 0 Å². The number of hydrogen-bond acceptors (Lipinski definition) is 0. The van der Waals surface area contributed by atoms with E-state index in [4.69, 9.17) is 0 Å². The molecule has 228 valence electrons. The van der Waals surface area contributed by atoms with E-state index in [0.717, 1.165) is 12.8 Å². The Labute approximate surface area is 282 Å². The van der Waals surface area contributed by atoms with Gasteiger partial charge in [0.15, 0.2) is 0 Å². The van der Waals surface area contributed by atoms with Crippen molar-refractivity contribution in [2.45, 2.75) is 99.8 Å². The second-order valence-electron chi connectivity index (χ2n) is 15.4. The SMILES string of the molecule is CCC1=[C](/[Zr+2](=[CH]/c2ccccc2)[c]2c(C(C)(C)C)ccc3c2Cc2cc(C(C)(C)C)ccc2-3)C(C)C=C1C(C)(C)C.[Cl-].[Cl-]. The Morgan fingerprint density at radius 2 is 1.40 bits per heavy atom. The van der Waals surface area contributed by atoms with Crippen LogP contribution in [0.25, 0.3) is 11.1 Å². The van der Waals surface area contributed by atoms with Crippen molar-refractivity contribution in [2.75, 3.05) is 0 Å². The molecule has 0 saturated heterocycles. The second kappa shape index (κ2) is 13.1. The molecule has 0 bridgehead atoms. The van der Waals surface area contributed by atoms with Crippen LogP contribution in [0.15, 0.2) is 81.2 Å². The summed E-state index contributed by atoms with van der Waals surface area (Å²) in [5, 5.41) is 0. The molecule has 0 nitrogen and oxygen atoms in total. The van der Waals surface area contributed by atoms with Crippen LogP contribution in [0.2, 0.25) is 0 Å². The van der Waals surface area contributed by atoms with E-state index in [1.54, 1.807) is 28.8 Å². The summed E-state index contributed by atoms with van der Waals surface area (Å²) in [5.74, 6) is 0.494. The predicted molar refractivity (Wildman–Crippen MR) is 177 cm³/mol. The van der Waals surface area contributed by atoms with E-state index in [0.29, 0.717) is 5.92 Å². The summed E-state index contributed by atoms with van der Waals surface area (Å²) in [6.07, 6.45) is 4.80. The summed E-state index contributed by atoms with van der Waals surface area (Å²) >= 11 is -2.60. The topological polar surface area (TPSA) is 0 Å². The molecular formula is C40H50Cl2Zr. The van der Waals surface area contributed by atoms with Gasteiger partial charge in [-0.3, -0.25) is 0 Å². The molecule has 5 rings (SSSR count). The van der Waals surface area contributed by atoms with Crippen molar-refractivity contribution in [2.24, 2.45) is 11.3 Å². The van der Waals surface area contributed by atoms with Crippen LogP contribution in [0.1, 0.15) is 110 Å². The Balaban J connectivity index is 0.00000253. The number of hydrogen-bond donors (Lipinski definition) is 0. The van der Waals surface area contributed by atoms with E-state index in [2.05, 4.69) is 147 Å². The van der Waals surface area contributed by atoms with Crippen LogP contribution in [0.4, 0.5) is 0 Å². The molecule has 2 aliphatic carbocycles. The van der Waals surface area contributed by atoms with Gasteiger partial charge in [-0.1, -0.05) is 0 Å². The first-order valence-electron chi connectivity index (χ1n) is 15.6. The third kappa shape index (κ3) is 7.01. The van der Waals surface area contributed by atoms with Crippen molar-refractivity contribution in [3.63, 3.8) is 0 Å². The zero-order valence-corrected chi connectivity index (χ0v) is 32.1. The standard InChI is InChI=1S/C21H25.C12H19.C7H6.2ClH.Zr/c1-20(2,3)16-7-9-18-14(12-16)11-15-13-17(21(4,5)6)8-10-19(15)18;1-6-10-7-9(2)8-11(10)12(3,4)5;1-7-5-3-2-4-6-7;;;/h7-10,12H,11H2,1-6H3;8-9H,6H2,1-5H3;1-6H;2*1H;/q;;;;;+2/p-2. The van der Waals surface area contributed by atoms with Crippen LogP contribution in [-0.4, -0.2) is 3.71 Å². The fraction of sp³-hybridized carbons (Fsp3) is 0.425. The molecule has 0 radical (unpaired) electrons. The van der Waals surface area contributed by atoms with Crippen molar-refractivity contribution < 1.29 is 46.1 Å². The van der Waals surface area contributed by atoms with Crippen molar-refractivity contribution in [1.29, 1.82) is 0 Å². The third-order valence-corrected chi connectivity index (χ3v) is 16.6. The van der Waals surface area contributed by atoms with Gasteiger partial charge in [-0.15, -0.1) is 0 Å². The van der Waals surface area contributed by atoms with Gasteiger partial charge in [0.2, 0.25) is 0 Å². The largest absolute Gasteiger partial charge is 1.00 e. The Morgan fingerprint density at radius 3 is 1.95 bits per heavy atom. The third-order valence-electron chi connectivity index (χ3n) is 9.10. The maximum absolute atomic E-state index is 2.78. The molecule has 1 unspecified atom stereocenters. The van der Waals surface area contributed by atoms with Gasteiger partial charge in [-0.25, -0.2) is 0 Å². The first-order chi connectivity index (χ1) is 19.1. The Morgan fingerprint density at radius 1 is 0.767 bits per heavy atom. The molecule has 0 spiro atoms. The van der Waals surface area contributed by atoms with Crippen LogP contribution in [-0.2, 0) is 38.5 Å². The van der Waals surface area contributed by atoms with E-state index in [1.165, 1.54) is 27.8 Å². The molecule has 0 N–H and O–H groups in total. The van der Waals surface area contributed by atoms with E-state index in [-0.39, 0.29) is 41.1 Å². The molecular weight excluding hydrogens is 643 g/mol. The first-order valence-corrected chi connectivity index (χ1v) is 19.5. The summed E-state index contributed by atoms with van der Waals surface area (Å²) in [5.41, 5.74) is 14.1.